The van der Waals surface area contributed by atoms with Gasteiger partial charge in [0.05, 0.1) is 24.3 Å². The van der Waals surface area contributed by atoms with Gasteiger partial charge in [-0.15, -0.1) is 0 Å². The smallest absolute Gasteiger partial charge is 0.281 e. The highest BCUT2D eigenvalue weighted by Crippen LogP contribution is 2.24. The van der Waals surface area contributed by atoms with Crippen molar-refractivity contribution >= 4 is 28.5 Å². The molecule has 3 rings (SSSR count). The van der Waals surface area contributed by atoms with Crippen molar-refractivity contribution < 1.29 is 19.1 Å². The van der Waals surface area contributed by atoms with E-state index in [-0.39, 0.29) is 12.5 Å². The monoisotopic (exact) mass is 359 g/mol. The number of aromatic nitrogens is 2. The van der Waals surface area contributed by atoms with Crippen LogP contribution in [0.1, 0.15) is 0 Å². The second-order valence-electron chi connectivity index (χ2n) is 4.93. The molecule has 0 aliphatic carbocycles. The second-order valence-corrected chi connectivity index (χ2v) is 5.37. The van der Waals surface area contributed by atoms with E-state index in [1.807, 2.05) is 0 Å². The zero-order valence-electron chi connectivity index (χ0n) is 13.2. The van der Waals surface area contributed by atoms with Gasteiger partial charge in [-0.25, -0.2) is 15.4 Å². The minimum absolute atomic E-state index is 0.146. The number of halogens is 1. The summed E-state index contributed by atoms with van der Waals surface area (Å²) in [6, 6.07) is 12.0. The molecular weight excluding hydrogens is 346 g/mol. The lowest BCUT2D eigenvalue weighted by molar-refractivity contribution is -0.133. The van der Waals surface area contributed by atoms with Crippen LogP contribution in [0.15, 0.2) is 48.7 Å². The first-order valence-corrected chi connectivity index (χ1v) is 7.67. The Kier molecular flexibility index (Phi) is 5.27. The number of hydrogen-bond acceptors (Lipinski definition) is 6. The quantitative estimate of drug-likeness (QED) is 0.681. The molecule has 2 aromatic carbocycles. The molecule has 0 radical (unpaired) electrons. The number of hydrogen-bond donors (Lipinski definition) is 1. The molecule has 0 saturated heterocycles. The van der Waals surface area contributed by atoms with E-state index in [1.165, 1.54) is 13.3 Å². The van der Waals surface area contributed by atoms with Crippen molar-refractivity contribution in [2.45, 2.75) is 0 Å². The van der Waals surface area contributed by atoms with E-state index < -0.39 is 0 Å². The molecule has 0 saturated carbocycles. The summed E-state index contributed by atoms with van der Waals surface area (Å²) in [5.74, 6) is 1.08. The topological polar surface area (TPSA) is 82.6 Å². The van der Waals surface area contributed by atoms with E-state index in [0.29, 0.717) is 33.4 Å². The van der Waals surface area contributed by atoms with Crippen LogP contribution in [0.3, 0.4) is 0 Å². The third-order valence-electron chi connectivity index (χ3n) is 3.11. The number of fused-ring (bicyclic) bond motifs is 1. The summed E-state index contributed by atoms with van der Waals surface area (Å²) >= 11 is 5.92. The maximum absolute atomic E-state index is 11.2. The van der Waals surface area contributed by atoms with Gasteiger partial charge in [-0.3, -0.25) is 9.63 Å². The minimum Gasteiger partial charge on any atom is -0.484 e. The first kappa shape index (κ1) is 16.9. The summed E-state index contributed by atoms with van der Waals surface area (Å²) in [6.07, 6.45) is 1.53. The van der Waals surface area contributed by atoms with Gasteiger partial charge in [0.25, 0.3) is 5.91 Å². The molecule has 0 bridgehead atoms. The summed E-state index contributed by atoms with van der Waals surface area (Å²) in [4.78, 5) is 24.4. The minimum atomic E-state index is -0.380. The Morgan fingerprint density at radius 2 is 1.88 bits per heavy atom. The lowest BCUT2D eigenvalue weighted by atomic mass is 10.3. The Hall–Kier alpha value is -2.90. The van der Waals surface area contributed by atoms with Crippen LogP contribution in [0.25, 0.3) is 11.0 Å². The van der Waals surface area contributed by atoms with Gasteiger partial charge in [-0.05, 0) is 42.5 Å². The zero-order valence-corrected chi connectivity index (χ0v) is 14.0. The molecule has 0 unspecified atom stereocenters. The fourth-order valence-corrected chi connectivity index (χ4v) is 2.20. The predicted octanol–water partition coefficient (Wildman–Crippen LogP) is 3.13. The van der Waals surface area contributed by atoms with Gasteiger partial charge in [0, 0.05) is 5.02 Å². The van der Waals surface area contributed by atoms with Crippen LogP contribution in [0.2, 0.25) is 5.02 Å². The van der Waals surface area contributed by atoms with Crippen molar-refractivity contribution in [2.24, 2.45) is 0 Å². The van der Waals surface area contributed by atoms with Crippen LogP contribution in [-0.2, 0) is 9.63 Å². The number of nitrogens with one attached hydrogen (secondary N) is 1. The van der Waals surface area contributed by atoms with Gasteiger partial charge < -0.3 is 9.47 Å². The Morgan fingerprint density at radius 3 is 2.64 bits per heavy atom. The van der Waals surface area contributed by atoms with Crippen molar-refractivity contribution in [1.29, 1.82) is 0 Å². The fraction of sp³-hybridized carbons (Fsp3) is 0.118. The van der Waals surface area contributed by atoms with Gasteiger partial charge in [0.1, 0.15) is 11.5 Å². The van der Waals surface area contributed by atoms with Crippen LogP contribution >= 0.6 is 11.6 Å². The molecule has 8 heteroatoms. The van der Waals surface area contributed by atoms with E-state index in [9.17, 15) is 4.79 Å². The van der Waals surface area contributed by atoms with Crippen molar-refractivity contribution in [3.05, 3.63) is 53.7 Å². The molecule has 25 heavy (non-hydrogen) atoms. The van der Waals surface area contributed by atoms with E-state index in [4.69, 9.17) is 21.1 Å². The number of rotatable bonds is 6. The van der Waals surface area contributed by atoms with Gasteiger partial charge in [0.2, 0.25) is 5.88 Å². The normalized spacial score (nSPS) is 10.5. The van der Waals surface area contributed by atoms with Gasteiger partial charge in [-0.1, -0.05) is 11.6 Å². The van der Waals surface area contributed by atoms with Crippen molar-refractivity contribution in [3.8, 4) is 17.4 Å². The summed E-state index contributed by atoms with van der Waals surface area (Å²) in [5, 5.41) is 0.602. The molecule has 0 spiro atoms. The van der Waals surface area contributed by atoms with E-state index in [1.54, 1.807) is 42.5 Å². The highest BCUT2D eigenvalue weighted by molar-refractivity contribution is 6.31. The molecule has 3 aromatic rings. The first-order chi connectivity index (χ1) is 12.1. The summed E-state index contributed by atoms with van der Waals surface area (Å²) < 4.78 is 11.0. The molecule has 1 heterocycles. The van der Waals surface area contributed by atoms with E-state index in [0.717, 1.165) is 0 Å². The number of carbonyl (C=O) groups is 1. The SMILES string of the molecule is CONC(=O)COc1ccc(Oc2cnc3cc(Cl)ccc3n2)cc1. The average molecular weight is 360 g/mol. The molecule has 0 fully saturated rings. The Labute approximate surface area is 148 Å². The number of hydroxylamine groups is 1. The Morgan fingerprint density at radius 1 is 1.12 bits per heavy atom. The number of nitrogens with zero attached hydrogens (tertiary/aromatic N) is 2. The van der Waals surface area contributed by atoms with Crippen molar-refractivity contribution in [3.63, 3.8) is 0 Å². The van der Waals surface area contributed by atoms with Gasteiger partial charge in [0.15, 0.2) is 6.61 Å². The fourth-order valence-electron chi connectivity index (χ4n) is 2.03. The third-order valence-corrected chi connectivity index (χ3v) is 3.35. The Balaban J connectivity index is 1.65. The molecule has 0 atom stereocenters. The number of ether oxygens (including phenoxy) is 2. The number of benzene rings is 2. The van der Waals surface area contributed by atoms with Crippen LogP contribution in [-0.4, -0.2) is 29.6 Å². The van der Waals surface area contributed by atoms with E-state index >= 15 is 0 Å². The summed E-state index contributed by atoms with van der Waals surface area (Å²) in [6.45, 7) is -0.146. The molecule has 0 aliphatic rings. The van der Waals surface area contributed by atoms with Gasteiger partial charge >= 0.3 is 0 Å². The maximum Gasteiger partial charge on any atom is 0.281 e. The van der Waals surface area contributed by atoms with Crippen LogP contribution < -0.4 is 15.0 Å². The lowest BCUT2D eigenvalue weighted by Crippen LogP contribution is -2.27. The molecule has 1 amide bonds. The van der Waals surface area contributed by atoms with Gasteiger partial charge in [-0.2, -0.15) is 0 Å². The lowest BCUT2D eigenvalue weighted by Gasteiger charge is -2.08. The highest BCUT2D eigenvalue weighted by atomic mass is 35.5. The van der Waals surface area contributed by atoms with Crippen molar-refractivity contribution in [2.75, 3.05) is 13.7 Å². The molecule has 1 aromatic heterocycles. The molecule has 128 valence electrons. The molecule has 1 N–H and O–H groups in total. The zero-order chi connectivity index (χ0) is 17.6. The van der Waals surface area contributed by atoms with Crippen LogP contribution in [0.5, 0.6) is 17.4 Å². The predicted molar refractivity (Wildman–Crippen MR) is 91.7 cm³/mol. The molecular formula is C17H14ClN3O4. The largest absolute Gasteiger partial charge is 0.484 e. The maximum atomic E-state index is 11.2. The third kappa shape index (κ3) is 4.56. The highest BCUT2D eigenvalue weighted by Gasteiger charge is 2.05. The average Bonchev–Trinajstić information content (AvgIpc) is 2.61. The van der Waals surface area contributed by atoms with E-state index in [2.05, 4.69) is 20.3 Å². The Bertz CT molecular complexity index is 887. The molecule has 7 nitrogen and oxygen atoms in total. The first-order valence-electron chi connectivity index (χ1n) is 7.29. The second kappa shape index (κ2) is 7.78. The van der Waals surface area contributed by atoms with Crippen molar-refractivity contribution in [1.82, 2.24) is 15.4 Å². The standard InChI is InChI=1S/C17H14ClN3O4/c1-23-21-16(22)10-24-12-3-5-13(6-4-12)25-17-9-19-15-8-11(18)2-7-14(15)20-17/h2-9H,10H2,1H3,(H,21,22). The van der Waals surface area contributed by atoms with Crippen LogP contribution in [0.4, 0.5) is 0 Å². The summed E-state index contributed by atoms with van der Waals surface area (Å²) in [7, 11) is 1.36. The number of carbonyl (C=O) groups excluding carboxylic acids is 1. The summed E-state index contributed by atoms with van der Waals surface area (Å²) in [5.41, 5.74) is 3.54. The number of amides is 1. The molecule has 0 aliphatic heterocycles. The van der Waals surface area contributed by atoms with Crippen LogP contribution in [0, 0.1) is 0 Å².